The maximum absolute atomic E-state index is 11.3. The molecule has 0 saturated carbocycles. The molecule has 2 fully saturated rings. The van der Waals surface area contributed by atoms with E-state index in [9.17, 15) is 40.5 Å². The molecule has 7 N–H and O–H groups in total. The second-order valence-corrected chi connectivity index (χ2v) is 6.11. The fraction of sp³-hybridized carbons (Fsp3) is 0.929. The van der Waals surface area contributed by atoms with Gasteiger partial charge in [0.25, 0.3) is 0 Å². The number of carbonyl (C=O) groups is 1. The first kappa shape index (κ1) is 21.4. The predicted molar refractivity (Wildman–Crippen MR) is 78.2 cm³/mol. The first-order valence-electron chi connectivity index (χ1n) is 7.96. The Labute approximate surface area is 148 Å². The summed E-state index contributed by atoms with van der Waals surface area (Å²) in [5.41, 5.74) is 0. The summed E-state index contributed by atoms with van der Waals surface area (Å²) in [6.45, 7) is -0.353. The van der Waals surface area contributed by atoms with Crippen LogP contribution in [0.25, 0.3) is 0 Å². The Bertz CT molecular complexity index is 473. The first-order chi connectivity index (χ1) is 12.2. The van der Waals surface area contributed by atoms with E-state index in [0.717, 1.165) is 6.92 Å². The minimum atomic E-state index is -1.77. The third-order valence-electron chi connectivity index (χ3n) is 4.26. The molecule has 2 aliphatic heterocycles. The molecule has 0 spiro atoms. The second kappa shape index (κ2) is 8.84. The molecular formula is C14H24O12. The van der Waals surface area contributed by atoms with E-state index < -0.39 is 80.6 Å². The second-order valence-electron chi connectivity index (χ2n) is 6.11. The van der Waals surface area contributed by atoms with Gasteiger partial charge in [-0.3, -0.25) is 4.79 Å². The lowest BCUT2D eigenvalue weighted by Crippen LogP contribution is -2.65. The van der Waals surface area contributed by atoms with Gasteiger partial charge in [0.1, 0.15) is 42.7 Å². The Morgan fingerprint density at radius 2 is 1.42 bits per heavy atom. The van der Waals surface area contributed by atoms with E-state index in [1.807, 2.05) is 0 Å². The smallest absolute Gasteiger partial charge is 0.303 e. The summed E-state index contributed by atoms with van der Waals surface area (Å²) in [6, 6.07) is 0. The van der Waals surface area contributed by atoms with Gasteiger partial charge < -0.3 is 54.7 Å². The van der Waals surface area contributed by atoms with Crippen LogP contribution in [-0.2, 0) is 23.7 Å². The summed E-state index contributed by atoms with van der Waals surface area (Å²) >= 11 is 0. The number of aliphatic hydroxyl groups excluding tert-OH is 7. The van der Waals surface area contributed by atoms with Gasteiger partial charge >= 0.3 is 5.97 Å². The minimum Gasteiger partial charge on any atom is -0.454 e. The van der Waals surface area contributed by atoms with Gasteiger partial charge in [-0.15, -0.1) is 0 Å². The topological polar surface area (TPSA) is 196 Å². The van der Waals surface area contributed by atoms with Crippen LogP contribution in [0.2, 0.25) is 0 Å². The van der Waals surface area contributed by atoms with Gasteiger partial charge in [0.2, 0.25) is 0 Å². The molecule has 2 rings (SSSR count). The van der Waals surface area contributed by atoms with Crippen molar-refractivity contribution in [3.63, 3.8) is 0 Å². The molecule has 0 aromatic heterocycles. The SMILES string of the molecule is CC(=O)O[C@H]1[C@H](O[C@H]2[C@H](O)[C@@H](O)[C@H](O)O[C@@H]2CO)O[C@H](CO)[C@H](O)[C@@H]1O. The van der Waals surface area contributed by atoms with E-state index in [0.29, 0.717) is 0 Å². The van der Waals surface area contributed by atoms with Crippen molar-refractivity contribution in [3.8, 4) is 0 Å². The number of rotatable bonds is 5. The van der Waals surface area contributed by atoms with Crippen molar-refractivity contribution < 1.29 is 59.5 Å². The molecule has 2 saturated heterocycles. The highest BCUT2D eigenvalue weighted by atomic mass is 16.7. The average Bonchev–Trinajstić information content (AvgIpc) is 2.60. The van der Waals surface area contributed by atoms with E-state index in [1.54, 1.807) is 0 Å². The molecule has 2 heterocycles. The molecule has 152 valence electrons. The van der Waals surface area contributed by atoms with Crippen LogP contribution < -0.4 is 0 Å². The van der Waals surface area contributed by atoms with Crippen LogP contribution in [0.15, 0.2) is 0 Å². The van der Waals surface area contributed by atoms with Crippen LogP contribution in [-0.4, -0.2) is 116 Å². The van der Waals surface area contributed by atoms with Gasteiger partial charge in [0, 0.05) is 6.92 Å². The number of esters is 1. The van der Waals surface area contributed by atoms with Crippen molar-refractivity contribution in [1.82, 2.24) is 0 Å². The molecule has 12 nitrogen and oxygen atoms in total. The highest BCUT2D eigenvalue weighted by Gasteiger charge is 2.51. The Kier molecular flexibility index (Phi) is 7.27. The van der Waals surface area contributed by atoms with Crippen LogP contribution in [0.3, 0.4) is 0 Å². The summed E-state index contributed by atoms with van der Waals surface area (Å²) in [5.74, 6) is -0.824. The Hall–Kier alpha value is -0.930. The van der Waals surface area contributed by atoms with E-state index in [-0.39, 0.29) is 0 Å². The van der Waals surface area contributed by atoms with Crippen LogP contribution in [0.4, 0.5) is 0 Å². The molecular weight excluding hydrogens is 360 g/mol. The van der Waals surface area contributed by atoms with E-state index >= 15 is 0 Å². The molecule has 0 aliphatic carbocycles. The maximum atomic E-state index is 11.3. The number of hydrogen-bond acceptors (Lipinski definition) is 12. The third-order valence-corrected chi connectivity index (χ3v) is 4.26. The highest BCUT2D eigenvalue weighted by Crippen LogP contribution is 2.29. The van der Waals surface area contributed by atoms with Crippen molar-refractivity contribution >= 4 is 5.97 Å². The third kappa shape index (κ3) is 4.31. The highest BCUT2D eigenvalue weighted by molar-refractivity contribution is 5.66. The quantitative estimate of drug-likeness (QED) is 0.224. The molecule has 2 aliphatic rings. The number of aliphatic hydroxyl groups is 7. The predicted octanol–water partition coefficient (Wildman–Crippen LogP) is -4.83. The minimum absolute atomic E-state index is 0.695. The average molecular weight is 384 g/mol. The van der Waals surface area contributed by atoms with Crippen molar-refractivity contribution in [3.05, 3.63) is 0 Å². The van der Waals surface area contributed by atoms with Crippen LogP contribution in [0.1, 0.15) is 6.92 Å². The normalized spacial score (nSPS) is 46.8. The lowest BCUT2D eigenvalue weighted by molar-refractivity contribution is -0.355. The van der Waals surface area contributed by atoms with Gasteiger partial charge in [-0.05, 0) is 0 Å². The van der Waals surface area contributed by atoms with E-state index in [2.05, 4.69) is 0 Å². The summed E-state index contributed by atoms with van der Waals surface area (Å²) < 4.78 is 20.6. The fourth-order valence-electron chi connectivity index (χ4n) is 2.87. The summed E-state index contributed by atoms with van der Waals surface area (Å²) in [5, 5.41) is 68.0. The van der Waals surface area contributed by atoms with Gasteiger partial charge in [-0.1, -0.05) is 0 Å². The Balaban J connectivity index is 2.22. The fourth-order valence-corrected chi connectivity index (χ4v) is 2.87. The molecule has 0 bridgehead atoms. The zero-order valence-corrected chi connectivity index (χ0v) is 13.9. The van der Waals surface area contributed by atoms with Gasteiger partial charge in [-0.25, -0.2) is 0 Å². The summed E-state index contributed by atoms with van der Waals surface area (Å²) in [6.07, 6.45) is -15.6. The van der Waals surface area contributed by atoms with Crippen LogP contribution >= 0.6 is 0 Å². The number of carbonyl (C=O) groups excluding carboxylic acids is 1. The molecule has 0 radical (unpaired) electrons. The lowest BCUT2D eigenvalue weighted by atomic mass is 9.97. The van der Waals surface area contributed by atoms with Crippen LogP contribution in [0.5, 0.6) is 0 Å². The molecule has 0 aromatic rings. The van der Waals surface area contributed by atoms with Gasteiger partial charge in [-0.2, -0.15) is 0 Å². The zero-order valence-electron chi connectivity index (χ0n) is 13.9. The lowest BCUT2D eigenvalue weighted by Gasteiger charge is -2.45. The number of hydrogen-bond donors (Lipinski definition) is 7. The van der Waals surface area contributed by atoms with E-state index in [1.165, 1.54) is 0 Å². The van der Waals surface area contributed by atoms with Crippen molar-refractivity contribution in [1.29, 1.82) is 0 Å². The van der Waals surface area contributed by atoms with Gasteiger partial charge in [0.05, 0.1) is 13.2 Å². The Morgan fingerprint density at radius 3 is 1.96 bits per heavy atom. The molecule has 0 unspecified atom stereocenters. The molecule has 10 atom stereocenters. The molecule has 12 heteroatoms. The summed E-state index contributed by atoms with van der Waals surface area (Å²) in [4.78, 5) is 11.3. The van der Waals surface area contributed by atoms with Crippen molar-refractivity contribution in [2.45, 2.75) is 68.3 Å². The number of ether oxygens (including phenoxy) is 4. The van der Waals surface area contributed by atoms with E-state index in [4.69, 9.17) is 18.9 Å². The molecule has 0 amide bonds. The molecule has 0 aromatic carbocycles. The zero-order chi connectivity index (χ0) is 19.6. The van der Waals surface area contributed by atoms with Crippen LogP contribution in [0, 0.1) is 0 Å². The first-order valence-corrected chi connectivity index (χ1v) is 7.96. The molecule has 26 heavy (non-hydrogen) atoms. The largest absolute Gasteiger partial charge is 0.454 e. The Morgan fingerprint density at radius 1 is 0.846 bits per heavy atom. The standard InChI is InChI=1S/C14H24O12/c1-4(17)23-12-8(19)7(18)5(2-15)25-14(12)26-11-6(3-16)24-13(22)10(21)9(11)20/h5-16,18-22H,2-3H2,1H3/t5-,6-,7+,8+,9-,10-,11-,12-,13-,14+/m1/s1. The summed E-state index contributed by atoms with van der Waals surface area (Å²) in [7, 11) is 0. The van der Waals surface area contributed by atoms with Crippen molar-refractivity contribution in [2.75, 3.05) is 13.2 Å². The maximum Gasteiger partial charge on any atom is 0.303 e. The monoisotopic (exact) mass is 384 g/mol. The van der Waals surface area contributed by atoms with Gasteiger partial charge in [0.15, 0.2) is 18.7 Å². The van der Waals surface area contributed by atoms with Crippen molar-refractivity contribution in [2.24, 2.45) is 0 Å².